The van der Waals surface area contributed by atoms with Crippen LogP contribution in [0, 0.1) is 0 Å². The van der Waals surface area contributed by atoms with Gasteiger partial charge in [0, 0.05) is 10.0 Å². The van der Waals surface area contributed by atoms with E-state index in [2.05, 4.69) is 26.1 Å². The maximum atomic E-state index is 6.46. The second-order valence-electron chi connectivity index (χ2n) is 4.34. The Morgan fingerprint density at radius 3 is 2.52 bits per heavy atom. The van der Waals surface area contributed by atoms with E-state index in [0.29, 0.717) is 5.02 Å². The molecule has 0 aliphatic carbocycles. The lowest BCUT2D eigenvalue weighted by Gasteiger charge is -2.04. The Morgan fingerprint density at radius 1 is 1.05 bits per heavy atom. The lowest BCUT2D eigenvalue weighted by molar-refractivity contribution is 0.988. The van der Waals surface area contributed by atoms with Crippen molar-refractivity contribution in [1.29, 1.82) is 0 Å². The van der Waals surface area contributed by atoms with Gasteiger partial charge in [0.1, 0.15) is 15.4 Å². The van der Waals surface area contributed by atoms with Gasteiger partial charge in [-0.25, -0.2) is 0 Å². The largest absolute Gasteiger partial charge is 0.149 e. The molecule has 3 aromatic rings. The Morgan fingerprint density at radius 2 is 1.81 bits per heavy atom. The summed E-state index contributed by atoms with van der Waals surface area (Å²) in [7, 11) is 0. The summed E-state index contributed by atoms with van der Waals surface area (Å²) in [6.07, 6.45) is 0. The van der Waals surface area contributed by atoms with Gasteiger partial charge in [0.25, 0.3) is 0 Å². The van der Waals surface area contributed by atoms with Gasteiger partial charge < -0.3 is 0 Å². The standard InChI is InChI=1S/C15H9BrCl2N2S/c16-10-6-7-11(12(17)8-10)14-19-20-15(21-14)13(18)9-4-2-1-3-5-9/h1-8,13H. The molecule has 1 heterocycles. The van der Waals surface area contributed by atoms with E-state index in [-0.39, 0.29) is 5.38 Å². The highest BCUT2D eigenvalue weighted by Gasteiger charge is 2.17. The van der Waals surface area contributed by atoms with Crippen LogP contribution in [0.2, 0.25) is 5.02 Å². The number of benzene rings is 2. The first-order chi connectivity index (χ1) is 10.1. The van der Waals surface area contributed by atoms with Crippen LogP contribution in [-0.2, 0) is 0 Å². The topological polar surface area (TPSA) is 25.8 Å². The van der Waals surface area contributed by atoms with Crippen LogP contribution in [0.3, 0.4) is 0 Å². The first-order valence-electron chi connectivity index (χ1n) is 6.13. The number of halogens is 3. The molecule has 0 amide bonds. The van der Waals surface area contributed by atoms with Gasteiger partial charge >= 0.3 is 0 Å². The SMILES string of the molecule is Clc1cc(Br)ccc1-c1nnc(C(Cl)c2ccccc2)s1. The minimum absolute atomic E-state index is 0.299. The maximum absolute atomic E-state index is 6.46. The summed E-state index contributed by atoms with van der Waals surface area (Å²) in [6.45, 7) is 0. The van der Waals surface area contributed by atoms with Gasteiger partial charge in [-0.15, -0.1) is 21.8 Å². The average molecular weight is 400 g/mol. The third-order valence-electron chi connectivity index (χ3n) is 2.91. The van der Waals surface area contributed by atoms with Crippen LogP contribution in [0.4, 0.5) is 0 Å². The molecule has 0 bridgehead atoms. The highest BCUT2D eigenvalue weighted by Crippen LogP contribution is 2.36. The Kier molecular flexibility index (Phi) is 4.60. The van der Waals surface area contributed by atoms with Crippen molar-refractivity contribution < 1.29 is 0 Å². The summed E-state index contributed by atoms with van der Waals surface area (Å²) < 4.78 is 0.931. The van der Waals surface area contributed by atoms with Crippen molar-refractivity contribution >= 4 is 50.5 Å². The molecule has 0 radical (unpaired) electrons. The molecule has 0 saturated heterocycles. The van der Waals surface area contributed by atoms with Crippen molar-refractivity contribution in [3.8, 4) is 10.6 Å². The normalized spacial score (nSPS) is 12.3. The molecule has 0 N–H and O–H groups in total. The van der Waals surface area contributed by atoms with Gasteiger partial charge in [0.15, 0.2) is 0 Å². The molecule has 6 heteroatoms. The zero-order valence-electron chi connectivity index (χ0n) is 10.6. The van der Waals surface area contributed by atoms with Crippen LogP contribution in [0.1, 0.15) is 15.9 Å². The monoisotopic (exact) mass is 398 g/mol. The quantitative estimate of drug-likeness (QED) is 0.508. The predicted octanol–water partition coefficient (Wildman–Crippen LogP) is 5.95. The van der Waals surface area contributed by atoms with E-state index in [1.54, 1.807) is 0 Å². The summed E-state index contributed by atoms with van der Waals surface area (Å²) in [4.78, 5) is 0. The molecule has 0 spiro atoms. The van der Waals surface area contributed by atoms with Crippen LogP contribution < -0.4 is 0 Å². The summed E-state index contributed by atoms with van der Waals surface area (Å²) in [5, 5.41) is 10.3. The highest BCUT2D eigenvalue weighted by molar-refractivity contribution is 9.10. The minimum atomic E-state index is -0.299. The van der Waals surface area contributed by atoms with E-state index in [9.17, 15) is 0 Å². The summed E-state index contributed by atoms with van der Waals surface area (Å²) in [6, 6.07) is 15.5. The van der Waals surface area contributed by atoms with Crippen molar-refractivity contribution in [3.05, 3.63) is 68.6 Å². The van der Waals surface area contributed by atoms with E-state index in [0.717, 1.165) is 25.6 Å². The minimum Gasteiger partial charge on any atom is -0.141 e. The highest BCUT2D eigenvalue weighted by atomic mass is 79.9. The summed E-state index contributed by atoms with van der Waals surface area (Å²) >= 11 is 17.6. The fourth-order valence-electron chi connectivity index (χ4n) is 1.87. The third kappa shape index (κ3) is 3.29. The molecule has 0 saturated carbocycles. The number of aromatic nitrogens is 2. The number of alkyl halides is 1. The zero-order valence-corrected chi connectivity index (χ0v) is 14.5. The molecule has 0 fully saturated rings. The van der Waals surface area contributed by atoms with Crippen LogP contribution in [0.25, 0.3) is 10.6 Å². The van der Waals surface area contributed by atoms with Gasteiger partial charge in [0.2, 0.25) is 0 Å². The molecule has 0 aliphatic heterocycles. The van der Waals surface area contributed by atoms with Crippen LogP contribution in [0.5, 0.6) is 0 Å². The van der Waals surface area contributed by atoms with E-state index >= 15 is 0 Å². The summed E-state index contributed by atoms with van der Waals surface area (Å²) in [5.74, 6) is 0. The van der Waals surface area contributed by atoms with E-state index in [1.165, 1.54) is 11.3 Å². The Bertz CT molecular complexity index is 761. The fraction of sp³-hybridized carbons (Fsp3) is 0.0667. The molecule has 1 unspecified atom stereocenters. The molecule has 2 nitrogen and oxygen atoms in total. The van der Waals surface area contributed by atoms with Gasteiger partial charge in [-0.1, -0.05) is 69.2 Å². The second kappa shape index (κ2) is 6.44. The third-order valence-corrected chi connectivity index (χ3v) is 5.33. The molecule has 21 heavy (non-hydrogen) atoms. The molecule has 2 aromatic carbocycles. The van der Waals surface area contributed by atoms with E-state index in [1.807, 2.05) is 48.5 Å². The number of rotatable bonds is 3. The molecule has 1 aromatic heterocycles. The Labute approximate surface area is 144 Å². The molecule has 3 rings (SSSR count). The van der Waals surface area contributed by atoms with E-state index in [4.69, 9.17) is 23.2 Å². The number of hydrogen-bond acceptors (Lipinski definition) is 3. The van der Waals surface area contributed by atoms with Crippen molar-refractivity contribution in [2.24, 2.45) is 0 Å². The van der Waals surface area contributed by atoms with Crippen molar-refractivity contribution in [2.45, 2.75) is 5.38 Å². The van der Waals surface area contributed by atoms with Gasteiger partial charge in [0.05, 0.1) is 5.02 Å². The summed E-state index contributed by atoms with van der Waals surface area (Å²) in [5.41, 5.74) is 1.87. The van der Waals surface area contributed by atoms with Crippen molar-refractivity contribution in [3.63, 3.8) is 0 Å². The molecule has 0 aliphatic rings. The van der Waals surface area contributed by atoms with Gasteiger partial charge in [-0.2, -0.15) is 0 Å². The Hall–Kier alpha value is -0.940. The first kappa shape index (κ1) is 15.0. The zero-order chi connectivity index (χ0) is 14.8. The Balaban J connectivity index is 1.93. The van der Waals surface area contributed by atoms with Crippen molar-refractivity contribution in [1.82, 2.24) is 10.2 Å². The molecule has 1 atom stereocenters. The van der Waals surface area contributed by atoms with Gasteiger partial charge in [-0.3, -0.25) is 0 Å². The molecule has 106 valence electrons. The maximum Gasteiger partial charge on any atom is 0.149 e. The molecular weight excluding hydrogens is 391 g/mol. The van der Waals surface area contributed by atoms with Crippen LogP contribution >= 0.6 is 50.5 Å². The van der Waals surface area contributed by atoms with Gasteiger partial charge in [-0.05, 0) is 23.8 Å². The fourth-order valence-corrected chi connectivity index (χ4v) is 3.90. The van der Waals surface area contributed by atoms with Crippen LogP contribution in [-0.4, -0.2) is 10.2 Å². The number of nitrogens with zero attached hydrogens (tertiary/aromatic N) is 2. The smallest absolute Gasteiger partial charge is 0.141 e. The van der Waals surface area contributed by atoms with E-state index < -0.39 is 0 Å². The predicted molar refractivity (Wildman–Crippen MR) is 92.2 cm³/mol. The second-order valence-corrected chi connectivity index (χ2v) is 7.11. The number of hydrogen-bond donors (Lipinski definition) is 0. The lowest BCUT2D eigenvalue weighted by Crippen LogP contribution is -1.91. The average Bonchev–Trinajstić information content (AvgIpc) is 2.97. The van der Waals surface area contributed by atoms with Crippen LogP contribution in [0.15, 0.2) is 53.0 Å². The first-order valence-corrected chi connectivity index (χ1v) is 8.55. The van der Waals surface area contributed by atoms with Crippen molar-refractivity contribution in [2.75, 3.05) is 0 Å². The lowest BCUT2D eigenvalue weighted by atomic mass is 10.1. The molecular formula is C15H9BrCl2N2S.